The second kappa shape index (κ2) is 6.37. The van der Waals surface area contributed by atoms with Crippen molar-refractivity contribution in [2.45, 2.75) is 6.92 Å². The molecule has 2 heteroatoms. The van der Waals surface area contributed by atoms with Crippen LogP contribution in [0, 0.1) is 11.8 Å². The van der Waals surface area contributed by atoms with E-state index in [0.717, 1.165) is 27.6 Å². The van der Waals surface area contributed by atoms with Gasteiger partial charge in [0, 0.05) is 16.7 Å². The third kappa shape index (κ3) is 3.25. The molecule has 0 amide bonds. The van der Waals surface area contributed by atoms with Gasteiger partial charge in [-0.1, -0.05) is 36.1 Å². The Hall–Kier alpha value is -3.05. The number of carbonyl (C=O) groups excluding carboxylic acids is 1. The highest BCUT2D eigenvalue weighted by molar-refractivity contribution is 6.01. The number of hydrogen-bond acceptors (Lipinski definition) is 2. The average molecular weight is 300 g/mol. The van der Waals surface area contributed by atoms with E-state index in [4.69, 9.17) is 4.74 Å². The van der Waals surface area contributed by atoms with Crippen LogP contribution in [0.3, 0.4) is 0 Å². The number of fused-ring (bicyclic) bond motifs is 1. The van der Waals surface area contributed by atoms with Crippen molar-refractivity contribution in [3.63, 3.8) is 0 Å². The van der Waals surface area contributed by atoms with Crippen LogP contribution in [0.25, 0.3) is 10.8 Å². The third-order valence-electron chi connectivity index (χ3n) is 3.70. The van der Waals surface area contributed by atoms with Crippen LogP contribution in [0.15, 0.2) is 60.7 Å². The first-order chi connectivity index (χ1) is 11.2. The van der Waals surface area contributed by atoms with Gasteiger partial charge in [0.15, 0.2) is 5.78 Å². The smallest absolute Gasteiger partial charge is 0.161 e. The highest BCUT2D eigenvalue weighted by atomic mass is 16.5. The number of ether oxygens (including phenoxy) is 1. The van der Waals surface area contributed by atoms with Gasteiger partial charge in [-0.3, -0.25) is 4.79 Å². The normalized spacial score (nSPS) is 10.0. The molecule has 3 rings (SSSR count). The summed E-state index contributed by atoms with van der Waals surface area (Å²) in [5.41, 5.74) is 2.30. The summed E-state index contributed by atoms with van der Waals surface area (Å²) in [7, 11) is 1.63. The molecule has 0 N–H and O–H groups in total. The second-order valence-electron chi connectivity index (χ2n) is 5.28. The van der Waals surface area contributed by atoms with Crippen LogP contribution in [-0.4, -0.2) is 12.9 Å². The maximum Gasteiger partial charge on any atom is 0.161 e. The minimum Gasteiger partial charge on any atom is -0.497 e. The number of ketones is 1. The molecular formula is C21H16O2. The van der Waals surface area contributed by atoms with Crippen molar-refractivity contribution in [1.82, 2.24) is 0 Å². The SMILES string of the molecule is COc1ccc(C#Cc2cc3ccccc3cc2C(C)=O)cc1. The summed E-state index contributed by atoms with van der Waals surface area (Å²) in [6, 6.07) is 19.4. The monoisotopic (exact) mass is 300 g/mol. The van der Waals surface area contributed by atoms with Gasteiger partial charge in [0.05, 0.1) is 7.11 Å². The van der Waals surface area contributed by atoms with E-state index in [9.17, 15) is 4.79 Å². The van der Waals surface area contributed by atoms with E-state index in [1.807, 2.05) is 60.7 Å². The Morgan fingerprint density at radius 3 is 2.17 bits per heavy atom. The van der Waals surface area contributed by atoms with Crippen molar-refractivity contribution >= 4 is 16.6 Å². The lowest BCUT2D eigenvalue weighted by atomic mass is 9.98. The van der Waals surface area contributed by atoms with Crippen LogP contribution in [-0.2, 0) is 0 Å². The zero-order valence-electron chi connectivity index (χ0n) is 13.1. The number of carbonyl (C=O) groups is 1. The molecule has 3 aromatic carbocycles. The lowest BCUT2D eigenvalue weighted by Crippen LogP contribution is -1.97. The van der Waals surface area contributed by atoms with Crippen LogP contribution in [0.1, 0.15) is 28.4 Å². The topological polar surface area (TPSA) is 26.3 Å². The Bertz CT molecular complexity index is 925. The first-order valence-corrected chi connectivity index (χ1v) is 7.37. The maximum atomic E-state index is 11.9. The highest BCUT2D eigenvalue weighted by Crippen LogP contribution is 2.20. The van der Waals surface area contributed by atoms with Crippen molar-refractivity contribution in [3.8, 4) is 17.6 Å². The summed E-state index contributed by atoms with van der Waals surface area (Å²) in [4.78, 5) is 11.9. The molecule has 0 aliphatic rings. The molecule has 0 aliphatic heterocycles. The van der Waals surface area contributed by atoms with E-state index in [1.165, 1.54) is 0 Å². The molecule has 2 nitrogen and oxygen atoms in total. The fourth-order valence-electron chi connectivity index (χ4n) is 2.45. The van der Waals surface area contributed by atoms with Gasteiger partial charge in [-0.25, -0.2) is 0 Å². The Labute approximate surface area is 135 Å². The van der Waals surface area contributed by atoms with E-state index in [0.29, 0.717) is 5.56 Å². The van der Waals surface area contributed by atoms with E-state index in [1.54, 1.807) is 14.0 Å². The fraction of sp³-hybridized carbons (Fsp3) is 0.0952. The Morgan fingerprint density at radius 1 is 0.913 bits per heavy atom. The minimum atomic E-state index is 0.0229. The molecule has 112 valence electrons. The summed E-state index contributed by atoms with van der Waals surface area (Å²) in [5.74, 6) is 7.06. The van der Waals surface area contributed by atoms with Gasteiger partial charge in [-0.05, 0) is 54.1 Å². The van der Waals surface area contributed by atoms with Gasteiger partial charge < -0.3 is 4.74 Å². The molecular weight excluding hydrogens is 284 g/mol. The molecule has 3 aromatic rings. The molecule has 0 saturated carbocycles. The quantitative estimate of drug-likeness (QED) is 0.516. The van der Waals surface area contributed by atoms with Gasteiger partial charge >= 0.3 is 0 Å². The summed E-state index contributed by atoms with van der Waals surface area (Å²) in [6.07, 6.45) is 0. The van der Waals surface area contributed by atoms with Crippen molar-refractivity contribution in [2.75, 3.05) is 7.11 Å². The second-order valence-corrected chi connectivity index (χ2v) is 5.28. The first kappa shape index (κ1) is 14.9. The van der Waals surface area contributed by atoms with Crippen LogP contribution < -0.4 is 4.74 Å². The summed E-state index contributed by atoms with van der Waals surface area (Å²) in [5, 5.41) is 2.13. The number of Topliss-reactive ketones (excluding diaryl/α,β-unsaturated/α-hetero) is 1. The highest BCUT2D eigenvalue weighted by Gasteiger charge is 2.07. The summed E-state index contributed by atoms with van der Waals surface area (Å²) in [6.45, 7) is 1.57. The van der Waals surface area contributed by atoms with Gasteiger partial charge in [0.2, 0.25) is 0 Å². The van der Waals surface area contributed by atoms with Gasteiger partial charge in [0.25, 0.3) is 0 Å². The molecule has 0 saturated heterocycles. The van der Waals surface area contributed by atoms with Crippen LogP contribution in [0.4, 0.5) is 0 Å². The molecule has 0 heterocycles. The summed E-state index contributed by atoms with van der Waals surface area (Å²) >= 11 is 0. The standard InChI is InChI=1S/C21H16O2/c1-15(22)21-14-18-6-4-3-5-17(18)13-19(21)10-7-16-8-11-20(23-2)12-9-16/h3-6,8-9,11-14H,1-2H3. The van der Waals surface area contributed by atoms with Crippen molar-refractivity contribution in [2.24, 2.45) is 0 Å². The molecule has 0 aromatic heterocycles. The number of rotatable bonds is 2. The fourth-order valence-corrected chi connectivity index (χ4v) is 2.45. The lowest BCUT2D eigenvalue weighted by Gasteiger charge is -2.04. The molecule has 0 radical (unpaired) electrons. The van der Waals surface area contributed by atoms with Crippen LogP contribution >= 0.6 is 0 Å². The predicted octanol–water partition coefficient (Wildman–Crippen LogP) is 4.45. The molecule has 0 unspecified atom stereocenters. The Balaban J connectivity index is 2.06. The molecule has 23 heavy (non-hydrogen) atoms. The van der Waals surface area contributed by atoms with Crippen molar-refractivity contribution < 1.29 is 9.53 Å². The average Bonchev–Trinajstić information content (AvgIpc) is 2.59. The van der Waals surface area contributed by atoms with Gasteiger partial charge in [-0.2, -0.15) is 0 Å². The van der Waals surface area contributed by atoms with Gasteiger partial charge in [0.1, 0.15) is 5.75 Å². The number of hydrogen-bond donors (Lipinski definition) is 0. The predicted molar refractivity (Wildman–Crippen MR) is 92.9 cm³/mol. The van der Waals surface area contributed by atoms with Gasteiger partial charge in [-0.15, -0.1) is 0 Å². The number of methoxy groups -OCH3 is 1. The molecule has 0 atom stereocenters. The molecule has 0 aliphatic carbocycles. The van der Waals surface area contributed by atoms with Crippen molar-refractivity contribution in [1.29, 1.82) is 0 Å². The number of benzene rings is 3. The molecule has 0 spiro atoms. The lowest BCUT2D eigenvalue weighted by molar-refractivity contribution is 0.101. The van der Waals surface area contributed by atoms with Crippen LogP contribution in [0.5, 0.6) is 5.75 Å². The van der Waals surface area contributed by atoms with Crippen molar-refractivity contribution in [3.05, 3.63) is 77.4 Å². The van der Waals surface area contributed by atoms with E-state index in [2.05, 4.69) is 11.8 Å². The molecule has 0 fully saturated rings. The minimum absolute atomic E-state index is 0.0229. The Morgan fingerprint density at radius 2 is 1.57 bits per heavy atom. The van der Waals surface area contributed by atoms with E-state index in [-0.39, 0.29) is 5.78 Å². The third-order valence-corrected chi connectivity index (χ3v) is 3.70. The molecule has 0 bridgehead atoms. The zero-order chi connectivity index (χ0) is 16.2. The Kier molecular flexibility index (Phi) is 4.12. The first-order valence-electron chi connectivity index (χ1n) is 7.37. The summed E-state index contributed by atoms with van der Waals surface area (Å²) < 4.78 is 5.14. The largest absolute Gasteiger partial charge is 0.497 e. The maximum absolute atomic E-state index is 11.9. The van der Waals surface area contributed by atoms with E-state index >= 15 is 0 Å². The zero-order valence-corrected chi connectivity index (χ0v) is 13.1. The van der Waals surface area contributed by atoms with Crippen LogP contribution in [0.2, 0.25) is 0 Å². The van der Waals surface area contributed by atoms with E-state index < -0.39 is 0 Å².